The van der Waals surface area contributed by atoms with Crippen molar-refractivity contribution in [3.05, 3.63) is 47.3 Å². The molecule has 7 nitrogen and oxygen atoms in total. The van der Waals surface area contributed by atoms with E-state index >= 15 is 0 Å². The molecule has 0 radical (unpaired) electrons. The number of benzene rings is 1. The van der Waals surface area contributed by atoms with Crippen molar-refractivity contribution >= 4 is 11.8 Å². The van der Waals surface area contributed by atoms with Gasteiger partial charge in [0.15, 0.2) is 5.69 Å². The van der Waals surface area contributed by atoms with Gasteiger partial charge < -0.3 is 14.5 Å². The zero-order valence-corrected chi connectivity index (χ0v) is 17.8. The van der Waals surface area contributed by atoms with Crippen molar-refractivity contribution in [1.29, 1.82) is 0 Å². The molecule has 2 aliphatic rings. The third-order valence-electron chi connectivity index (χ3n) is 6.00. The van der Waals surface area contributed by atoms with Crippen LogP contribution in [-0.4, -0.2) is 70.8 Å². The number of carbonyl (C=O) groups excluding carboxylic acids is 2. The summed E-state index contributed by atoms with van der Waals surface area (Å²) in [5.74, 6) is -0.911. The van der Waals surface area contributed by atoms with E-state index in [1.807, 2.05) is 6.92 Å². The predicted molar refractivity (Wildman–Crippen MR) is 109 cm³/mol. The first-order chi connectivity index (χ1) is 15.3. The number of halogens is 3. The minimum Gasteiger partial charge on any atom is -0.378 e. The summed E-state index contributed by atoms with van der Waals surface area (Å²) < 4.78 is 47.8. The van der Waals surface area contributed by atoms with Gasteiger partial charge in [-0.3, -0.25) is 9.59 Å². The van der Waals surface area contributed by atoms with Crippen molar-refractivity contribution in [2.24, 2.45) is 5.92 Å². The Kier molecular flexibility index (Phi) is 6.23. The van der Waals surface area contributed by atoms with Crippen molar-refractivity contribution in [1.82, 2.24) is 19.6 Å². The molecule has 32 heavy (non-hydrogen) atoms. The molecule has 0 aliphatic carbocycles. The molecule has 0 spiro atoms. The average Bonchev–Trinajstić information content (AvgIpc) is 3.25. The third-order valence-corrected chi connectivity index (χ3v) is 6.00. The molecule has 3 heterocycles. The van der Waals surface area contributed by atoms with Gasteiger partial charge in [-0.25, -0.2) is 4.68 Å². The van der Waals surface area contributed by atoms with E-state index < -0.39 is 23.3 Å². The maximum atomic E-state index is 13.9. The van der Waals surface area contributed by atoms with Crippen LogP contribution in [0.3, 0.4) is 0 Å². The lowest BCUT2D eigenvalue weighted by molar-refractivity contribution is -0.143. The van der Waals surface area contributed by atoms with Crippen molar-refractivity contribution in [3.8, 4) is 5.69 Å². The van der Waals surface area contributed by atoms with Gasteiger partial charge in [0.2, 0.25) is 5.91 Å². The molecule has 0 bridgehead atoms. The minimum absolute atomic E-state index is 0.0311. The largest absolute Gasteiger partial charge is 0.434 e. The zero-order chi connectivity index (χ0) is 22.9. The lowest BCUT2D eigenvalue weighted by Gasteiger charge is -2.35. The minimum atomic E-state index is -4.75. The van der Waals surface area contributed by atoms with Crippen molar-refractivity contribution < 1.29 is 27.5 Å². The molecule has 172 valence electrons. The molecule has 2 amide bonds. The van der Waals surface area contributed by atoms with E-state index in [0.29, 0.717) is 39.1 Å². The Morgan fingerprint density at radius 2 is 1.62 bits per heavy atom. The van der Waals surface area contributed by atoms with Crippen LogP contribution >= 0.6 is 0 Å². The Morgan fingerprint density at radius 3 is 2.22 bits per heavy atom. The lowest BCUT2D eigenvalue weighted by atomic mass is 9.94. The van der Waals surface area contributed by atoms with E-state index in [9.17, 15) is 22.8 Å². The maximum absolute atomic E-state index is 13.9. The summed E-state index contributed by atoms with van der Waals surface area (Å²) in [6, 6.07) is 6.45. The number of amides is 2. The molecule has 2 aliphatic heterocycles. The fourth-order valence-electron chi connectivity index (χ4n) is 4.20. The van der Waals surface area contributed by atoms with Crippen LogP contribution in [0.1, 0.15) is 34.5 Å². The molecule has 4 rings (SSSR count). The van der Waals surface area contributed by atoms with Gasteiger partial charge >= 0.3 is 6.18 Å². The number of aryl methyl sites for hydroxylation is 1. The zero-order valence-electron chi connectivity index (χ0n) is 17.8. The Labute approximate surface area is 183 Å². The molecule has 1 aromatic carbocycles. The summed E-state index contributed by atoms with van der Waals surface area (Å²) in [6.45, 7) is 4.40. The third kappa shape index (κ3) is 4.50. The van der Waals surface area contributed by atoms with Crippen LogP contribution < -0.4 is 0 Å². The van der Waals surface area contributed by atoms with Crippen molar-refractivity contribution in [2.45, 2.75) is 25.9 Å². The molecule has 2 fully saturated rings. The number of carbonyl (C=O) groups is 2. The van der Waals surface area contributed by atoms with Gasteiger partial charge in [0.05, 0.1) is 30.7 Å². The van der Waals surface area contributed by atoms with Gasteiger partial charge in [-0.15, -0.1) is 0 Å². The SMILES string of the molecule is Cc1ccc(-n2ncc(C(=O)N3CCC(C(=O)N4CCOCC4)CC3)c2C(F)(F)F)cc1. The first-order valence-corrected chi connectivity index (χ1v) is 10.6. The molecule has 0 saturated carbocycles. The molecule has 0 N–H and O–H groups in total. The summed E-state index contributed by atoms with van der Waals surface area (Å²) in [6.07, 6.45) is -2.92. The number of nitrogens with zero attached hydrogens (tertiary/aromatic N) is 4. The van der Waals surface area contributed by atoms with E-state index in [1.165, 1.54) is 17.0 Å². The van der Waals surface area contributed by atoms with Crippen molar-refractivity contribution in [3.63, 3.8) is 0 Å². The Hall–Kier alpha value is -2.88. The van der Waals surface area contributed by atoms with Crippen LogP contribution in [-0.2, 0) is 15.7 Å². The van der Waals surface area contributed by atoms with Crippen LogP contribution in [0.15, 0.2) is 30.5 Å². The summed E-state index contributed by atoms with van der Waals surface area (Å²) in [7, 11) is 0. The summed E-state index contributed by atoms with van der Waals surface area (Å²) in [5.41, 5.74) is -0.425. The highest BCUT2D eigenvalue weighted by Crippen LogP contribution is 2.35. The molecule has 0 atom stereocenters. The molecular formula is C22H25F3N4O3. The number of hydrogen-bond donors (Lipinski definition) is 0. The number of rotatable bonds is 3. The normalized spacial score (nSPS) is 18.1. The molecule has 1 aromatic heterocycles. The second-order valence-electron chi connectivity index (χ2n) is 8.16. The van der Waals surface area contributed by atoms with Crippen LogP contribution in [0.2, 0.25) is 0 Å². The van der Waals surface area contributed by atoms with Gasteiger partial charge in [-0.1, -0.05) is 17.7 Å². The predicted octanol–water partition coefficient (Wildman–Crippen LogP) is 2.91. The topological polar surface area (TPSA) is 67.7 Å². The first-order valence-electron chi connectivity index (χ1n) is 10.6. The van der Waals surface area contributed by atoms with E-state index in [-0.39, 0.29) is 30.6 Å². The summed E-state index contributed by atoms with van der Waals surface area (Å²) in [5, 5.41) is 3.88. The van der Waals surface area contributed by atoms with E-state index in [4.69, 9.17) is 4.74 Å². The number of alkyl halides is 3. The Morgan fingerprint density at radius 1 is 1.00 bits per heavy atom. The lowest BCUT2D eigenvalue weighted by Crippen LogP contribution is -2.47. The number of piperidine rings is 1. The first kappa shape index (κ1) is 22.3. The van der Waals surface area contributed by atoms with Crippen LogP contribution in [0.25, 0.3) is 5.69 Å². The fourth-order valence-corrected chi connectivity index (χ4v) is 4.20. The quantitative estimate of drug-likeness (QED) is 0.721. The van der Waals surface area contributed by atoms with E-state index in [2.05, 4.69) is 5.10 Å². The second-order valence-corrected chi connectivity index (χ2v) is 8.16. The van der Waals surface area contributed by atoms with Gasteiger partial charge in [0.1, 0.15) is 0 Å². The van der Waals surface area contributed by atoms with E-state index in [1.54, 1.807) is 17.0 Å². The van der Waals surface area contributed by atoms with Crippen LogP contribution in [0, 0.1) is 12.8 Å². The number of likely N-dealkylation sites (tertiary alicyclic amines) is 1. The summed E-state index contributed by atoms with van der Waals surface area (Å²) in [4.78, 5) is 28.8. The highest BCUT2D eigenvalue weighted by molar-refractivity contribution is 5.95. The number of morpholine rings is 1. The van der Waals surface area contributed by atoms with Gasteiger partial charge in [0.25, 0.3) is 5.91 Å². The maximum Gasteiger partial charge on any atom is 0.434 e. The number of hydrogen-bond acceptors (Lipinski definition) is 4. The number of aromatic nitrogens is 2. The molecule has 2 saturated heterocycles. The molecule has 2 aromatic rings. The monoisotopic (exact) mass is 450 g/mol. The number of ether oxygens (including phenoxy) is 1. The van der Waals surface area contributed by atoms with Gasteiger partial charge in [-0.05, 0) is 31.9 Å². The average molecular weight is 450 g/mol. The van der Waals surface area contributed by atoms with Gasteiger partial charge in [0, 0.05) is 32.1 Å². The second kappa shape index (κ2) is 8.93. The molecule has 10 heteroatoms. The fraction of sp³-hybridized carbons (Fsp3) is 0.500. The summed E-state index contributed by atoms with van der Waals surface area (Å²) >= 11 is 0. The Balaban J connectivity index is 1.50. The van der Waals surface area contributed by atoms with Crippen LogP contribution in [0.5, 0.6) is 0 Å². The highest BCUT2D eigenvalue weighted by atomic mass is 19.4. The highest BCUT2D eigenvalue weighted by Gasteiger charge is 2.42. The molecule has 0 unspecified atom stereocenters. The smallest absolute Gasteiger partial charge is 0.378 e. The van der Waals surface area contributed by atoms with Gasteiger partial charge in [-0.2, -0.15) is 18.3 Å². The standard InChI is InChI=1S/C22H25F3N4O3/c1-15-2-4-17(5-3-15)29-19(22(23,24)25)18(14-26-29)21(31)27-8-6-16(7-9-27)20(30)28-10-12-32-13-11-28/h2-5,14,16H,6-13H2,1H3. The van der Waals surface area contributed by atoms with Crippen molar-refractivity contribution in [2.75, 3.05) is 39.4 Å². The van der Waals surface area contributed by atoms with E-state index in [0.717, 1.165) is 16.4 Å². The van der Waals surface area contributed by atoms with Crippen LogP contribution in [0.4, 0.5) is 13.2 Å². The molecular weight excluding hydrogens is 425 g/mol. The Bertz CT molecular complexity index is 973.